The van der Waals surface area contributed by atoms with E-state index in [2.05, 4.69) is 51.7 Å². The van der Waals surface area contributed by atoms with Crippen molar-refractivity contribution in [3.05, 3.63) is 28.2 Å². The van der Waals surface area contributed by atoms with E-state index < -0.39 is 0 Å². The van der Waals surface area contributed by atoms with Crippen LogP contribution in [0.4, 0.5) is 5.69 Å². The van der Waals surface area contributed by atoms with E-state index in [4.69, 9.17) is 0 Å². The standard InChI is InChI=1S/C12H17BrN2/c1-9-4-5-11(13)12(7-9)15-8-10-3-2-6-14-10/h4-5,7,10,14-15H,2-3,6,8H2,1H3. The second-order valence-electron chi connectivity index (χ2n) is 4.16. The van der Waals surface area contributed by atoms with Crippen LogP contribution in [0.15, 0.2) is 22.7 Å². The van der Waals surface area contributed by atoms with Crippen LogP contribution in [0.2, 0.25) is 0 Å². The summed E-state index contributed by atoms with van der Waals surface area (Å²) in [5.74, 6) is 0. The molecule has 0 spiro atoms. The van der Waals surface area contributed by atoms with E-state index >= 15 is 0 Å². The van der Waals surface area contributed by atoms with Gasteiger partial charge >= 0.3 is 0 Å². The molecule has 1 aliphatic heterocycles. The fourth-order valence-corrected chi connectivity index (χ4v) is 2.33. The van der Waals surface area contributed by atoms with Gasteiger partial charge in [0.25, 0.3) is 0 Å². The second-order valence-corrected chi connectivity index (χ2v) is 5.01. The molecule has 0 saturated carbocycles. The van der Waals surface area contributed by atoms with Gasteiger partial charge in [-0.25, -0.2) is 0 Å². The molecule has 82 valence electrons. The van der Waals surface area contributed by atoms with Crippen molar-refractivity contribution in [3.8, 4) is 0 Å². The molecule has 0 radical (unpaired) electrons. The summed E-state index contributed by atoms with van der Waals surface area (Å²) < 4.78 is 1.14. The van der Waals surface area contributed by atoms with Crippen molar-refractivity contribution in [1.29, 1.82) is 0 Å². The smallest absolute Gasteiger partial charge is 0.0487 e. The highest BCUT2D eigenvalue weighted by Crippen LogP contribution is 2.23. The van der Waals surface area contributed by atoms with Gasteiger partial charge in [0.2, 0.25) is 0 Å². The summed E-state index contributed by atoms with van der Waals surface area (Å²) in [6.45, 7) is 4.30. The summed E-state index contributed by atoms with van der Waals surface area (Å²) in [6, 6.07) is 7.03. The number of nitrogens with one attached hydrogen (secondary N) is 2. The van der Waals surface area contributed by atoms with Gasteiger partial charge in [-0.05, 0) is 59.9 Å². The van der Waals surface area contributed by atoms with Crippen LogP contribution in [0.5, 0.6) is 0 Å². The van der Waals surface area contributed by atoms with Crippen LogP contribution in [0.3, 0.4) is 0 Å². The van der Waals surface area contributed by atoms with E-state index in [-0.39, 0.29) is 0 Å². The molecule has 1 saturated heterocycles. The van der Waals surface area contributed by atoms with Crippen molar-refractivity contribution >= 4 is 21.6 Å². The molecular formula is C12H17BrN2. The predicted molar refractivity (Wildman–Crippen MR) is 68.4 cm³/mol. The number of aryl methyl sites for hydroxylation is 1. The minimum atomic E-state index is 0.636. The van der Waals surface area contributed by atoms with Crippen LogP contribution in [0.25, 0.3) is 0 Å². The van der Waals surface area contributed by atoms with E-state index in [0.29, 0.717) is 6.04 Å². The van der Waals surface area contributed by atoms with Crippen molar-refractivity contribution in [2.45, 2.75) is 25.8 Å². The van der Waals surface area contributed by atoms with Crippen LogP contribution in [-0.2, 0) is 0 Å². The van der Waals surface area contributed by atoms with E-state index in [9.17, 15) is 0 Å². The van der Waals surface area contributed by atoms with Gasteiger partial charge in [-0.1, -0.05) is 6.07 Å². The average molecular weight is 269 g/mol. The van der Waals surface area contributed by atoms with Gasteiger partial charge < -0.3 is 10.6 Å². The number of benzene rings is 1. The molecule has 0 aromatic heterocycles. The molecule has 0 aliphatic carbocycles. The number of rotatable bonds is 3. The number of hydrogen-bond donors (Lipinski definition) is 2. The molecule has 0 bridgehead atoms. The third-order valence-electron chi connectivity index (χ3n) is 2.82. The molecule has 2 rings (SSSR count). The van der Waals surface area contributed by atoms with E-state index in [0.717, 1.165) is 11.0 Å². The zero-order chi connectivity index (χ0) is 10.7. The lowest BCUT2D eigenvalue weighted by atomic mass is 10.2. The Morgan fingerprint density at radius 2 is 2.40 bits per heavy atom. The van der Waals surface area contributed by atoms with Gasteiger partial charge in [0.05, 0.1) is 0 Å². The Balaban J connectivity index is 1.94. The maximum atomic E-state index is 3.56. The van der Waals surface area contributed by atoms with E-state index in [1.807, 2.05) is 0 Å². The van der Waals surface area contributed by atoms with Gasteiger partial charge in [-0.2, -0.15) is 0 Å². The molecule has 1 fully saturated rings. The van der Waals surface area contributed by atoms with Gasteiger partial charge in [-0.15, -0.1) is 0 Å². The molecule has 1 aromatic rings. The molecule has 2 nitrogen and oxygen atoms in total. The number of halogens is 1. The summed E-state index contributed by atoms with van der Waals surface area (Å²) >= 11 is 3.56. The fourth-order valence-electron chi connectivity index (χ4n) is 1.94. The molecule has 3 heteroatoms. The highest BCUT2D eigenvalue weighted by Gasteiger charge is 2.13. The SMILES string of the molecule is Cc1ccc(Br)c(NCC2CCCN2)c1. The Labute approximate surface area is 99.6 Å². The average Bonchev–Trinajstić information content (AvgIpc) is 2.72. The molecule has 1 unspecified atom stereocenters. The van der Waals surface area contributed by atoms with Gasteiger partial charge in [-0.3, -0.25) is 0 Å². The molecule has 1 aliphatic rings. The Hall–Kier alpha value is -0.540. The third-order valence-corrected chi connectivity index (χ3v) is 3.51. The first kappa shape index (κ1) is 11.0. The molecule has 0 amide bonds. The zero-order valence-corrected chi connectivity index (χ0v) is 10.6. The van der Waals surface area contributed by atoms with E-state index in [1.54, 1.807) is 0 Å². The molecule has 1 heterocycles. The molecule has 15 heavy (non-hydrogen) atoms. The highest BCUT2D eigenvalue weighted by atomic mass is 79.9. The summed E-state index contributed by atoms with van der Waals surface area (Å²) in [5, 5.41) is 6.97. The van der Waals surface area contributed by atoms with Crippen LogP contribution in [0.1, 0.15) is 18.4 Å². The van der Waals surface area contributed by atoms with Crippen LogP contribution >= 0.6 is 15.9 Å². The van der Waals surface area contributed by atoms with Crippen LogP contribution in [0, 0.1) is 6.92 Å². The van der Waals surface area contributed by atoms with Gasteiger partial charge in [0, 0.05) is 22.7 Å². The quantitative estimate of drug-likeness (QED) is 0.881. The summed E-state index contributed by atoms with van der Waals surface area (Å²) in [6.07, 6.45) is 2.60. The first-order chi connectivity index (χ1) is 7.25. The second kappa shape index (κ2) is 4.99. The van der Waals surface area contributed by atoms with Crippen molar-refractivity contribution in [2.75, 3.05) is 18.4 Å². The van der Waals surface area contributed by atoms with Crippen LogP contribution < -0.4 is 10.6 Å². The molecule has 2 N–H and O–H groups in total. The summed E-state index contributed by atoms with van der Waals surface area (Å²) in [7, 11) is 0. The topological polar surface area (TPSA) is 24.1 Å². The molecule has 1 aromatic carbocycles. The van der Waals surface area contributed by atoms with Crippen molar-refractivity contribution in [3.63, 3.8) is 0 Å². The normalized spacial score (nSPS) is 20.5. The minimum Gasteiger partial charge on any atom is -0.383 e. The monoisotopic (exact) mass is 268 g/mol. The Kier molecular flexibility index (Phi) is 3.65. The zero-order valence-electron chi connectivity index (χ0n) is 9.02. The number of anilines is 1. The van der Waals surface area contributed by atoms with Gasteiger partial charge in [0.1, 0.15) is 0 Å². The molecular weight excluding hydrogens is 252 g/mol. The Morgan fingerprint density at radius 3 is 3.13 bits per heavy atom. The van der Waals surface area contributed by atoms with Crippen molar-refractivity contribution in [1.82, 2.24) is 5.32 Å². The third kappa shape index (κ3) is 2.95. The Morgan fingerprint density at radius 1 is 1.53 bits per heavy atom. The lowest BCUT2D eigenvalue weighted by molar-refractivity contribution is 0.633. The van der Waals surface area contributed by atoms with Crippen molar-refractivity contribution < 1.29 is 0 Å². The van der Waals surface area contributed by atoms with Gasteiger partial charge in [0.15, 0.2) is 0 Å². The Bertz CT molecular complexity index is 332. The predicted octanol–water partition coefficient (Wildman–Crippen LogP) is 2.92. The van der Waals surface area contributed by atoms with Crippen LogP contribution in [-0.4, -0.2) is 19.1 Å². The lowest BCUT2D eigenvalue weighted by Gasteiger charge is -2.14. The van der Waals surface area contributed by atoms with Crippen molar-refractivity contribution in [2.24, 2.45) is 0 Å². The maximum Gasteiger partial charge on any atom is 0.0487 e. The number of hydrogen-bond acceptors (Lipinski definition) is 2. The molecule has 1 atom stereocenters. The maximum absolute atomic E-state index is 3.56. The highest BCUT2D eigenvalue weighted by molar-refractivity contribution is 9.10. The fraction of sp³-hybridized carbons (Fsp3) is 0.500. The largest absolute Gasteiger partial charge is 0.383 e. The van der Waals surface area contributed by atoms with E-state index in [1.165, 1.54) is 30.6 Å². The lowest BCUT2D eigenvalue weighted by Crippen LogP contribution is -2.29. The first-order valence-electron chi connectivity index (χ1n) is 5.49. The summed E-state index contributed by atoms with van der Waals surface area (Å²) in [4.78, 5) is 0. The summed E-state index contributed by atoms with van der Waals surface area (Å²) in [5.41, 5.74) is 2.49. The first-order valence-corrected chi connectivity index (χ1v) is 6.28. The minimum absolute atomic E-state index is 0.636.